The molecular weight excluding hydrogens is 624 g/mol. The Bertz CT molecular complexity index is 1360. The van der Waals surface area contributed by atoms with Gasteiger partial charge in [-0.3, -0.25) is 0 Å². The van der Waals surface area contributed by atoms with Crippen LogP contribution in [0, 0.1) is 14.9 Å². The van der Waals surface area contributed by atoms with E-state index in [1.165, 1.54) is 5.56 Å². The Morgan fingerprint density at radius 2 is 2.23 bits per heavy atom. The van der Waals surface area contributed by atoms with Gasteiger partial charge in [0.15, 0.2) is 0 Å². The van der Waals surface area contributed by atoms with Crippen molar-refractivity contribution in [3.05, 3.63) is 44.2 Å². The van der Waals surface area contributed by atoms with Crippen LogP contribution in [0.4, 0.5) is 15.8 Å². The number of nitriles is 1. The molecule has 40 heavy (non-hydrogen) atoms. The Balaban J connectivity index is 1.27. The summed E-state index contributed by atoms with van der Waals surface area (Å²) in [5.41, 5.74) is 11.6. The van der Waals surface area contributed by atoms with Crippen LogP contribution in [0.5, 0.6) is 5.88 Å². The maximum absolute atomic E-state index is 14.4. The van der Waals surface area contributed by atoms with Crippen molar-refractivity contribution in [2.24, 2.45) is 0 Å². The predicted molar refractivity (Wildman–Crippen MR) is 146 cm³/mol. The Kier molecular flexibility index (Phi) is 6.84. The van der Waals surface area contributed by atoms with Crippen molar-refractivity contribution in [2.75, 3.05) is 54.6 Å². The zero-order valence-corrected chi connectivity index (χ0v) is 25.3. The number of aromatic nitrogens is 1. The number of ether oxygens (including phenoxy) is 2. The number of hydrogen-bond acceptors (Lipinski definition) is 8. The molecule has 0 aliphatic carbocycles. The fourth-order valence-corrected chi connectivity index (χ4v) is 17.4. The van der Waals surface area contributed by atoms with Crippen LogP contribution in [0.1, 0.15) is 67.3 Å². The van der Waals surface area contributed by atoms with Crippen LogP contribution in [0.3, 0.4) is 0 Å². The molecule has 0 bridgehead atoms. The van der Waals surface area contributed by atoms with E-state index in [1.807, 2.05) is 12.1 Å². The van der Waals surface area contributed by atoms with Gasteiger partial charge in [0.25, 0.3) is 0 Å². The number of pyridine rings is 1. The van der Waals surface area contributed by atoms with E-state index in [9.17, 15) is 9.65 Å². The first kappa shape index (κ1) is 26.7. The van der Waals surface area contributed by atoms with Gasteiger partial charge in [0.1, 0.15) is 0 Å². The Labute approximate surface area is 240 Å². The molecule has 216 valence electrons. The van der Waals surface area contributed by atoms with Crippen molar-refractivity contribution >= 4 is 11.4 Å². The standard InChI is InChI=1S/C30H38FIN5O3/c1-20-6-8-32(29-22(20)4-5-25(34)23(29)15-33)14-26-24(17-40-32)27(36-9-3-11-38-19-36)12-28(35-26)39-18-30-7-2-10-37(30)16-21(31)13-30/h4-5,12,20-21H,2-3,6-11,13-14,16-19,34H2,1H3/q-1/t20-,21+,30-/m0/s1. The first-order valence-electron chi connectivity index (χ1n) is 14.5. The van der Waals surface area contributed by atoms with E-state index in [-0.39, 0.29) is 5.54 Å². The molecular formula is C30H38FIN5O3-. The van der Waals surface area contributed by atoms with Gasteiger partial charge >= 0.3 is 241 Å². The fourth-order valence-electron chi connectivity index (χ4n) is 7.36. The van der Waals surface area contributed by atoms with E-state index in [4.69, 9.17) is 23.3 Å². The summed E-state index contributed by atoms with van der Waals surface area (Å²) in [6.07, 6.45) is 3.79. The van der Waals surface area contributed by atoms with Gasteiger partial charge in [-0.25, -0.2) is 0 Å². The second kappa shape index (κ2) is 10.3. The van der Waals surface area contributed by atoms with Crippen molar-refractivity contribution in [2.45, 2.75) is 67.7 Å². The molecule has 0 saturated carbocycles. The zero-order chi connectivity index (χ0) is 27.5. The summed E-state index contributed by atoms with van der Waals surface area (Å²) in [6.45, 7) is 6.79. The van der Waals surface area contributed by atoms with Crippen molar-refractivity contribution in [3.63, 3.8) is 0 Å². The molecule has 8 nitrogen and oxygen atoms in total. The van der Waals surface area contributed by atoms with Crippen LogP contribution in [-0.4, -0.2) is 65.6 Å². The van der Waals surface area contributed by atoms with Gasteiger partial charge in [0, 0.05) is 0 Å². The monoisotopic (exact) mass is 662 g/mol. The van der Waals surface area contributed by atoms with E-state index in [0.717, 1.165) is 74.7 Å². The third-order valence-corrected chi connectivity index (χ3v) is 18.5. The summed E-state index contributed by atoms with van der Waals surface area (Å²) in [4.78, 5) is 9.66. The number of alkyl halides is 3. The maximum atomic E-state index is 14.4. The van der Waals surface area contributed by atoms with Crippen molar-refractivity contribution in [1.82, 2.24) is 9.88 Å². The van der Waals surface area contributed by atoms with E-state index in [0.29, 0.717) is 56.0 Å². The molecule has 1 aromatic carbocycles. The normalized spacial score (nSPS) is 33.1. The molecule has 5 aliphatic heterocycles. The van der Waals surface area contributed by atoms with Crippen molar-refractivity contribution < 1.29 is 35.8 Å². The van der Waals surface area contributed by atoms with Crippen LogP contribution in [-0.2, 0) is 18.8 Å². The quantitative estimate of drug-likeness (QED) is 0.296. The minimum atomic E-state index is -3.15. The number of hydrogen-bond donors (Lipinski definition) is 1. The number of nitrogens with two attached hydrogens (primary N) is 1. The summed E-state index contributed by atoms with van der Waals surface area (Å²) < 4.78 is 36.5. The summed E-state index contributed by atoms with van der Waals surface area (Å²) >= 11 is -3.15. The Morgan fingerprint density at radius 1 is 1.32 bits per heavy atom. The molecule has 1 aromatic heterocycles. The first-order chi connectivity index (χ1) is 19.4. The van der Waals surface area contributed by atoms with Gasteiger partial charge in [-0.15, -0.1) is 0 Å². The molecule has 10 heteroatoms. The summed E-state index contributed by atoms with van der Waals surface area (Å²) in [5, 5.41) is 10.2. The number of nitrogen functional groups attached to an aromatic ring is 1. The molecule has 0 radical (unpaired) electrons. The Hall–Kier alpha value is -2.20. The minimum absolute atomic E-state index is 0.231. The predicted octanol–water partition coefficient (Wildman–Crippen LogP) is 1.16. The van der Waals surface area contributed by atoms with Crippen molar-refractivity contribution in [1.29, 1.82) is 5.26 Å². The molecule has 7 rings (SSSR count). The van der Waals surface area contributed by atoms with Crippen LogP contribution >= 0.6 is 0 Å². The SMILES string of the molecule is C[C@H]1CC[I-]2(Cc3nc(OC[C@@]45CCCN4C[C@H](F)C5)cc(N4CCCOC4)c3CO2)c2c1ccc(N)c2C#N. The number of fused-ring (bicyclic) bond motifs is 4. The fraction of sp³-hybridized carbons (Fsp3) is 0.600. The van der Waals surface area contributed by atoms with E-state index < -0.39 is 25.0 Å². The van der Waals surface area contributed by atoms with Crippen LogP contribution < -0.4 is 34.2 Å². The molecule has 2 aromatic rings. The van der Waals surface area contributed by atoms with E-state index in [2.05, 4.69) is 28.9 Å². The van der Waals surface area contributed by atoms with E-state index >= 15 is 0 Å². The molecule has 6 heterocycles. The summed E-state index contributed by atoms with van der Waals surface area (Å²) in [6, 6.07) is 8.44. The Morgan fingerprint density at radius 3 is 3.05 bits per heavy atom. The van der Waals surface area contributed by atoms with Gasteiger partial charge in [-0.05, 0) is 0 Å². The third kappa shape index (κ3) is 4.35. The molecule has 5 aliphatic rings. The van der Waals surface area contributed by atoms with Crippen LogP contribution in [0.2, 0.25) is 0 Å². The van der Waals surface area contributed by atoms with Gasteiger partial charge in [0.05, 0.1) is 0 Å². The average Bonchev–Trinajstić information content (AvgIpc) is 3.49. The molecule has 3 fully saturated rings. The van der Waals surface area contributed by atoms with E-state index in [1.54, 1.807) is 0 Å². The number of nitrogens with zero attached hydrogens (tertiary/aromatic N) is 4. The second-order valence-corrected chi connectivity index (χ2v) is 19.8. The van der Waals surface area contributed by atoms with Gasteiger partial charge in [-0.2, -0.15) is 0 Å². The van der Waals surface area contributed by atoms with Crippen LogP contribution in [0.15, 0.2) is 18.2 Å². The summed E-state index contributed by atoms with van der Waals surface area (Å²) in [7, 11) is 0. The zero-order valence-electron chi connectivity index (χ0n) is 23.1. The van der Waals surface area contributed by atoms with Gasteiger partial charge in [-0.1, -0.05) is 0 Å². The molecule has 0 amide bonds. The third-order valence-electron chi connectivity index (χ3n) is 9.51. The number of halogens is 2. The molecule has 3 saturated heterocycles. The van der Waals surface area contributed by atoms with Gasteiger partial charge < -0.3 is 0 Å². The summed E-state index contributed by atoms with van der Waals surface area (Å²) in [5.74, 6) is 0.962. The molecule has 1 spiro atoms. The number of rotatable bonds is 4. The number of benzene rings is 1. The number of anilines is 2. The second-order valence-electron chi connectivity index (χ2n) is 12.0. The van der Waals surface area contributed by atoms with Gasteiger partial charge in [0.2, 0.25) is 0 Å². The molecule has 4 atom stereocenters. The molecule has 1 unspecified atom stereocenters. The molecule has 2 N–H and O–H groups in total. The van der Waals surface area contributed by atoms with Crippen molar-refractivity contribution in [3.8, 4) is 11.9 Å². The van der Waals surface area contributed by atoms with Crippen LogP contribution in [0.25, 0.3) is 0 Å². The topological polar surface area (TPSA) is 96.9 Å². The first-order valence-corrected chi connectivity index (χ1v) is 19.5. The average molecular weight is 663 g/mol.